The van der Waals surface area contributed by atoms with Crippen molar-refractivity contribution in [2.75, 3.05) is 0 Å². The summed E-state index contributed by atoms with van der Waals surface area (Å²) >= 11 is 0. The van der Waals surface area contributed by atoms with Crippen LogP contribution in [-0.2, 0) is 0 Å². The smallest absolute Gasteiger partial charge is 0.197 e. The van der Waals surface area contributed by atoms with Crippen molar-refractivity contribution in [3.05, 3.63) is 83.0 Å². The summed E-state index contributed by atoms with van der Waals surface area (Å²) in [4.78, 5) is 15.3. The molecule has 4 heteroatoms. The molecule has 0 saturated heterocycles. The Hall–Kier alpha value is -3.27. The van der Waals surface area contributed by atoms with Gasteiger partial charge in [-0.2, -0.15) is 0 Å². The molecule has 1 aromatic heterocycles. The first-order chi connectivity index (χ1) is 11.2. The first-order valence-corrected chi connectivity index (χ1v) is 7.13. The van der Waals surface area contributed by atoms with Crippen LogP contribution in [0.25, 0.3) is 21.8 Å². The third kappa shape index (κ3) is 3.01. The molecule has 0 aliphatic heterocycles. The van der Waals surface area contributed by atoms with Crippen molar-refractivity contribution >= 4 is 21.8 Å². The van der Waals surface area contributed by atoms with Gasteiger partial charge in [0.15, 0.2) is 16.9 Å². The van der Waals surface area contributed by atoms with Crippen LogP contribution in [-0.4, -0.2) is 15.2 Å². The number of hydrogen-bond donors (Lipinski definition) is 3. The second kappa shape index (κ2) is 6.23. The van der Waals surface area contributed by atoms with Crippen molar-refractivity contribution < 1.29 is 10.2 Å². The van der Waals surface area contributed by atoms with Gasteiger partial charge in [-0.25, -0.2) is 0 Å². The van der Waals surface area contributed by atoms with Gasteiger partial charge in [0.2, 0.25) is 0 Å². The number of aromatic nitrogens is 1. The van der Waals surface area contributed by atoms with Gasteiger partial charge in [0, 0.05) is 21.8 Å². The van der Waals surface area contributed by atoms with E-state index >= 15 is 0 Å². The van der Waals surface area contributed by atoms with Crippen LogP contribution in [0.4, 0.5) is 0 Å². The van der Waals surface area contributed by atoms with Gasteiger partial charge in [-0.05, 0) is 36.4 Å². The molecule has 3 N–H and O–H groups in total. The summed E-state index contributed by atoms with van der Waals surface area (Å²) in [5.41, 5.74) is 1.88. The third-order valence-electron chi connectivity index (χ3n) is 3.49. The average Bonchev–Trinajstić information content (AvgIpc) is 2.59. The molecule has 114 valence electrons. The summed E-state index contributed by atoms with van der Waals surface area (Å²) in [6, 6.07) is 21.3. The maximum atomic E-state index is 12.1. The van der Waals surface area contributed by atoms with Gasteiger partial charge < -0.3 is 15.2 Å². The van der Waals surface area contributed by atoms with Gasteiger partial charge in [-0.15, -0.1) is 0 Å². The molecule has 4 nitrogen and oxygen atoms in total. The largest absolute Gasteiger partial charge is 0.504 e. The highest BCUT2D eigenvalue weighted by molar-refractivity contribution is 5.92. The number of hydrogen-bond acceptors (Lipinski definition) is 3. The fourth-order valence-corrected chi connectivity index (χ4v) is 2.33. The van der Waals surface area contributed by atoms with Gasteiger partial charge in [0.1, 0.15) is 0 Å². The fourth-order valence-electron chi connectivity index (χ4n) is 2.33. The van der Waals surface area contributed by atoms with E-state index in [4.69, 9.17) is 10.2 Å². The van der Waals surface area contributed by atoms with E-state index in [1.807, 2.05) is 48.5 Å². The Morgan fingerprint density at radius 2 is 1.00 bits per heavy atom. The molecule has 0 bridgehead atoms. The molecule has 0 unspecified atom stereocenters. The van der Waals surface area contributed by atoms with E-state index in [1.54, 1.807) is 12.1 Å². The Kier molecular flexibility index (Phi) is 3.97. The standard InChI is InChI=1S/C13H9NO.C6H6O2/c15-13-9-5-1-3-7-11(9)14-12-8-4-2-6-10(12)13;7-5-3-1-2-4-6(5)8/h1-8H,(H,14,15);1-4,7-8H. The molecule has 0 amide bonds. The van der Waals surface area contributed by atoms with Crippen LogP contribution in [0.5, 0.6) is 11.5 Å². The van der Waals surface area contributed by atoms with E-state index in [2.05, 4.69) is 4.98 Å². The van der Waals surface area contributed by atoms with Gasteiger partial charge in [-0.1, -0.05) is 36.4 Å². The number of fused-ring (bicyclic) bond motifs is 2. The number of rotatable bonds is 0. The van der Waals surface area contributed by atoms with Gasteiger partial charge >= 0.3 is 0 Å². The number of benzene rings is 3. The molecule has 23 heavy (non-hydrogen) atoms. The van der Waals surface area contributed by atoms with E-state index in [0.29, 0.717) is 0 Å². The summed E-state index contributed by atoms with van der Waals surface area (Å²) in [5, 5.41) is 18.8. The van der Waals surface area contributed by atoms with Crippen LogP contribution >= 0.6 is 0 Å². The van der Waals surface area contributed by atoms with Crippen LogP contribution in [0.15, 0.2) is 77.6 Å². The molecular formula is C19H15NO3. The predicted molar refractivity (Wildman–Crippen MR) is 91.8 cm³/mol. The Balaban J connectivity index is 0.000000166. The molecule has 0 atom stereocenters. The molecule has 4 aromatic rings. The second-order valence-corrected chi connectivity index (χ2v) is 5.03. The number of H-pyrrole nitrogens is 1. The van der Waals surface area contributed by atoms with E-state index in [9.17, 15) is 4.79 Å². The van der Waals surface area contributed by atoms with E-state index in [-0.39, 0.29) is 16.9 Å². The number of para-hydroxylation sites is 4. The summed E-state index contributed by atoms with van der Waals surface area (Å²) in [6.45, 7) is 0. The summed E-state index contributed by atoms with van der Waals surface area (Å²) < 4.78 is 0. The highest BCUT2D eigenvalue weighted by atomic mass is 16.3. The molecule has 3 aromatic carbocycles. The predicted octanol–water partition coefficient (Wildman–Crippen LogP) is 3.78. The van der Waals surface area contributed by atoms with Crippen molar-refractivity contribution in [3.63, 3.8) is 0 Å². The number of phenols is 2. The minimum absolute atomic E-state index is 0.0764. The minimum Gasteiger partial charge on any atom is -0.504 e. The number of nitrogens with one attached hydrogen (secondary N) is 1. The molecule has 0 radical (unpaired) electrons. The van der Waals surface area contributed by atoms with Crippen LogP contribution in [0, 0.1) is 0 Å². The summed E-state index contributed by atoms with van der Waals surface area (Å²) in [6.07, 6.45) is 0. The molecule has 0 spiro atoms. The van der Waals surface area contributed by atoms with E-state index in [1.165, 1.54) is 12.1 Å². The SMILES string of the molecule is O=c1c2ccccc2[nH]c2ccccc12.Oc1ccccc1O. The number of aromatic hydroxyl groups is 2. The lowest BCUT2D eigenvalue weighted by molar-refractivity contribution is 0.404. The quantitative estimate of drug-likeness (QED) is 0.342. The van der Waals surface area contributed by atoms with Crippen LogP contribution in [0.2, 0.25) is 0 Å². The lowest BCUT2D eigenvalue weighted by atomic mass is 10.1. The first-order valence-electron chi connectivity index (χ1n) is 7.13. The fraction of sp³-hybridized carbons (Fsp3) is 0. The van der Waals surface area contributed by atoms with Gasteiger partial charge in [0.05, 0.1) is 0 Å². The number of pyridine rings is 1. The van der Waals surface area contributed by atoms with Crippen LogP contribution in [0.1, 0.15) is 0 Å². The number of aromatic amines is 1. The van der Waals surface area contributed by atoms with Gasteiger partial charge in [-0.3, -0.25) is 4.79 Å². The lowest BCUT2D eigenvalue weighted by Crippen LogP contribution is -2.03. The monoisotopic (exact) mass is 305 g/mol. The Bertz CT molecular complexity index is 943. The lowest BCUT2D eigenvalue weighted by Gasteiger charge is -2.01. The second-order valence-electron chi connectivity index (χ2n) is 5.03. The summed E-state index contributed by atoms with van der Waals surface area (Å²) in [5.74, 6) is -0.153. The number of phenolic OH excluding ortho intramolecular Hbond substituents is 2. The van der Waals surface area contributed by atoms with Crippen LogP contribution in [0.3, 0.4) is 0 Å². The highest BCUT2D eigenvalue weighted by Gasteiger charge is 2.02. The third-order valence-corrected chi connectivity index (χ3v) is 3.49. The van der Waals surface area contributed by atoms with E-state index in [0.717, 1.165) is 21.8 Å². The van der Waals surface area contributed by atoms with Crippen molar-refractivity contribution in [3.8, 4) is 11.5 Å². The summed E-state index contributed by atoms with van der Waals surface area (Å²) in [7, 11) is 0. The molecule has 4 rings (SSSR count). The van der Waals surface area contributed by atoms with Crippen molar-refractivity contribution in [2.24, 2.45) is 0 Å². The Morgan fingerprint density at radius 1 is 0.609 bits per heavy atom. The zero-order valence-corrected chi connectivity index (χ0v) is 12.2. The molecular weight excluding hydrogens is 290 g/mol. The van der Waals surface area contributed by atoms with Gasteiger partial charge in [0.25, 0.3) is 0 Å². The Labute approximate surface area is 132 Å². The van der Waals surface area contributed by atoms with Crippen molar-refractivity contribution in [1.29, 1.82) is 0 Å². The Morgan fingerprint density at radius 3 is 1.43 bits per heavy atom. The molecule has 0 aliphatic carbocycles. The maximum absolute atomic E-state index is 12.1. The molecule has 0 aliphatic rings. The van der Waals surface area contributed by atoms with Crippen molar-refractivity contribution in [1.82, 2.24) is 4.98 Å². The topological polar surface area (TPSA) is 73.3 Å². The zero-order valence-electron chi connectivity index (χ0n) is 12.2. The normalized spacial score (nSPS) is 10.3. The maximum Gasteiger partial charge on any atom is 0.197 e. The minimum atomic E-state index is -0.0764. The highest BCUT2D eigenvalue weighted by Crippen LogP contribution is 2.21. The molecule has 0 saturated carbocycles. The van der Waals surface area contributed by atoms with E-state index < -0.39 is 0 Å². The van der Waals surface area contributed by atoms with Crippen LogP contribution < -0.4 is 5.43 Å². The molecule has 0 fully saturated rings. The first kappa shape index (κ1) is 14.7. The van der Waals surface area contributed by atoms with Crippen molar-refractivity contribution in [2.45, 2.75) is 0 Å². The average molecular weight is 305 g/mol. The zero-order chi connectivity index (χ0) is 16.2. The molecule has 1 heterocycles.